The zero-order valence-corrected chi connectivity index (χ0v) is 16.7. The quantitative estimate of drug-likeness (QED) is 0.236. The van der Waals surface area contributed by atoms with Gasteiger partial charge in [0.15, 0.2) is 0 Å². The molecule has 3 atom stereocenters. The van der Waals surface area contributed by atoms with Crippen molar-refractivity contribution in [3.05, 3.63) is 12.2 Å². The molecule has 0 aromatic heterocycles. The van der Waals surface area contributed by atoms with Crippen LogP contribution in [0.1, 0.15) is 27.2 Å². The average molecular weight is 486 g/mol. The summed E-state index contributed by atoms with van der Waals surface area (Å²) >= 11 is 0. The van der Waals surface area contributed by atoms with Crippen LogP contribution in [0.4, 0.5) is 35.1 Å². The first-order valence-corrected chi connectivity index (χ1v) is 8.71. The van der Waals surface area contributed by atoms with Crippen LogP contribution in [0.25, 0.3) is 0 Å². The Morgan fingerprint density at radius 1 is 1.09 bits per heavy atom. The Balaban J connectivity index is 3.33. The molecule has 1 heterocycles. The van der Waals surface area contributed by atoms with Crippen LogP contribution in [0.15, 0.2) is 12.2 Å². The SMILES string of the molecule is C=C(C(=O)OCC1OC(OC(=O)CC(C)C)(C(F)(F)F)C(F)(F)C1OC(C)=O)C(F)(F)F. The topological polar surface area (TPSA) is 88.1 Å². The Hall–Kier alpha value is -2.45. The number of rotatable bonds is 7. The molecule has 15 heteroatoms. The number of ether oxygens (including phenoxy) is 4. The highest BCUT2D eigenvalue weighted by Gasteiger charge is 2.84. The normalized spacial score (nSPS) is 25.4. The second-order valence-corrected chi connectivity index (χ2v) is 7.07. The molecule has 1 aliphatic heterocycles. The summed E-state index contributed by atoms with van der Waals surface area (Å²) in [5.41, 5.74) is -2.09. The molecule has 0 aromatic rings. The van der Waals surface area contributed by atoms with E-state index in [-0.39, 0.29) is 0 Å². The molecule has 1 aliphatic rings. The zero-order valence-electron chi connectivity index (χ0n) is 16.7. The first kappa shape index (κ1) is 27.6. The Morgan fingerprint density at radius 2 is 1.62 bits per heavy atom. The predicted octanol–water partition coefficient (Wildman–Crippen LogP) is 3.46. The molecule has 0 bridgehead atoms. The summed E-state index contributed by atoms with van der Waals surface area (Å²) in [6, 6.07) is 0. The summed E-state index contributed by atoms with van der Waals surface area (Å²) in [7, 11) is 0. The summed E-state index contributed by atoms with van der Waals surface area (Å²) in [5.74, 6) is -16.3. The van der Waals surface area contributed by atoms with E-state index in [0.29, 0.717) is 6.92 Å². The molecular weight excluding hydrogens is 468 g/mol. The molecule has 7 nitrogen and oxygen atoms in total. The van der Waals surface area contributed by atoms with Crippen LogP contribution in [-0.4, -0.2) is 60.8 Å². The van der Waals surface area contributed by atoms with Crippen LogP contribution in [-0.2, 0) is 33.3 Å². The molecule has 0 aliphatic carbocycles. The lowest BCUT2D eigenvalue weighted by atomic mass is 10.0. The van der Waals surface area contributed by atoms with Gasteiger partial charge in [0.05, 0.1) is 0 Å². The summed E-state index contributed by atoms with van der Waals surface area (Å²) in [6.07, 6.45) is -17.9. The van der Waals surface area contributed by atoms with Crippen molar-refractivity contribution in [3.63, 3.8) is 0 Å². The third-order valence-corrected chi connectivity index (χ3v) is 3.92. The van der Waals surface area contributed by atoms with E-state index in [1.165, 1.54) is 13.8 Å². The summed E-state index contributed by atoms with van der Waals surface area (Å²) in [5, 5.41) is 0. The number of hydrogen-bond acceptors (Lipinski definition) is 7. The maximum absolute atomic E-state index is 14.9. The van der Waals surface area contributed by atoms with Crippen LogP contribution in [0.3, 0.4) is 0 Å². The van der Waals surface area contributed by atoms with Gasteiger partial charge in [-0.15, -0.1) is 0 Å². The van der Waals surface area contributed by atoms with Crippen LogP contribution in [0, 0.1) is 5.92 Å². The summed E-state index contributed by atoms with van der Waals surface area (Å²) < 4.78 is 125. The number of hydrogen-bond donors (Lipinski definition) is 0. The summed E-state index contributed by atoms with van der Waals surface area (Å²) in [4.78, 5) is 34.3. The highest BCUT2D eigenvalue weighted by atomic mass is 19.4. The van der Waals surface area contributed by atoms with Gasteiger partial charge in [0.25, 0.3) is 0 Å². The van der Waals surface area contributed by atoms with Gasteiger partial charge in [-0.1, -0.05) is 20.4 Å². The van der Waals surface area contributed by atoms with Gasteiger partial charge in [-0.05, 0) is 5.92 Å². The molecule has 1 rings (SSSR count). The first-order valence-electron chi connectivity index (χ1n) is 8.71. The van der Waals surface area contributed by atoms with E-state index in [1.807, 2.05) is 0 Å². The minimum absolute atomic E-state index is 0.545. The molecular formula is C17H18F8O7. The zero-order chi connectivity index (χ0) is 25.3. The van der Waals surface area contributed by atoms with Crippen molar-refractivity contribution in [1.82, 2.24) is 0 Å². The number of carbonyl (C=O) groups is 3. The van der Waals surface area contributed by atoms with Crippen molar-refractivity contribution in [2.24, 2.45) is 5.92 Å². The molecule has 0 aromatic carbocycles. The smallest absolute Gasteiger partial charge is 0.459 e. The second kappa shape index (κ2) is 9.19. The van der Waals surface area contributed by atoms with Gasteiger partial charge in [0.2, 0.25) is 6.10 Å². The van der Waals surface area contributed by atoms with Crippen LogP contribution < -0.4 is 0 Å². The molecule has 0 amide bonds. The standard InChI is InChI=1S/C17H18F8O7/c1-7(2)5-11(27)32-16(17(23,24)25)14(18,19)12(30-9(4)26)10(31-16)6-29-13(28)8(3)15(20,21)22/h7,10,12H,3,5-6H2,1-2,4H3. The highest BCUT2D eigenvalue weighted by Crippen LogP contribution is 2.54. The van der Waals surface area contributed by atoms with Crippen molar-refractivity contribution in [2.45, 2.75) is 63.5 Å². The third-order valence-electron chi connectivity index (χ3n) is 3.92. The Morgan fingerprint density at radius 3 is 2.03 bits per heavy atom. The van der Waals surface area contributed by atoms with E-state index < -0.39 is 78.7 Å². The minimum Gasteiger partial charge on any atom is -0.459 e. The van der Waals surface area contributed by atoms with Gasteiger partial charge in [-0.25, -0.2) is 4.79 Å². The Labute approximate surface area is 175 Å². The van der Waals surface area contributed by atoms with E-state index in [9.17, 15) is 49.5 Å². The van der Waals surface area contributed by atoms with Gasteiger partial charge in [-0.3, -0.25) is 9.59 Å². The Kier molecular flexibility index (Phi) is 7.92. The fourth-order valence-electron chi connectivity index (χ4n) is 2.53. The van der Waals surface area contributed by atoms with E-state index >= 15 is 0 Å². The Bertz CT molecular complexity index is 759. The molecule has 1 saturated heterocycles. The van der Waals surface area contributed by atoms with Crippen LogP contribution in [0.5, 0.6) is 0 Å². The fourth-order valence-corrected chi connectivity index (χ4v) is 2.53. The molecule has 32 heavy (non-hydrogen) atoms. The van der Waals surface area contributed by atoms with E-state index in [0.717, 1.165) is 0 Å². The van der Waals surface area contributed by atoms with Gasteiger partial charge < -0.3 is 18.9 Å². The van der Waals surface area contributed by atoms with E-state index in [4.69, 9.17) is 0 Å². The van der Waals surface area contributed by atoms with E-state index in [2.05, 4.69) is 25.5 Å². The van der Waals surface area contributed by atoms with Crippen LogP contribution in [0.2, 0.25) is 0 Å². The maximum Gasteiger partial charge on any atom is 0.462 e. The first-order chi connectivity index (χ1) is 14.3. The monoisotopic (exact) mass is 486 g/mol. The maximum atomic E-state index is 14.9. The van der Waals surface area contributed by atoms with Gasteiger partial charge in [0.1, 0.15) is 18.3 Å². The highest BCUT2D eigenvalue weighted by molar-refractivity contribution is 5.89. The molecule has 0 spiro atoms. The van der Waals surface area contributed by atoms with Crippen molar-refractivity contribution in [3.8, 4) is 0 Å². The second-order valence-electron chi connectivity index (χ2n) is 7.07. The van der Waals surface area contributed by atoms with Crippen molar-refractivity contribution in [2.75, 3.05) is 6.61 Å². The van der Waals surface area contributed by atoms with Crippen molar-refractivity contribution >= 4 is 17.9 Å². The molecule has 184 valence electrons. The number of esters is 3. The lowest BCUT2D eigenvalue weighted by molar-refractivity contribution is -0.409. The molecule has 3 unspecified atom stereocenters. The predicted molar refractivity (Wildman–Crippen MR) is 85.9 cm³/mol. The largest absolute Gasteiger partial charge is 0.462 e. The molecule has 0 radical (unpaired) electrons. The number of carbonyl (C=O) groups excluding carboxylic acids is 3. The molecule has 0 N–H and O–H groups in total. The van der Waals surface area contributed by atoms with Crippen LogP contribution >= 0.6 is 0 Å². The lowest BCUT2D eigenvalue weighted by Crippen LogP contribution is -2.62. The average Bonchev–Trinajstić information content (AvgIpc) is 2.78. The number of alkyl halides is 8. The van der Waals surface area contributed by atoms with Gasteiger partial charge in [0, 0.05) is 13.3 Å². The molecule has 0 saturated carbocycles. The van der Waals surface area contributed by atoms with Crippen molar-refractivity contribution < 1.29 is 68.5 Å². The molecule has 1 fully saturated rings. The fraction of sp³-hybridized carbons (Fsp3) is 0.706. The third kappa shape index (κ3) is 5.66. The number of halogens is 8. The summed E-state index contributed by atoms with van der Waals surface area (Å²) in [6.45, 7) is 4.01. The van der Waals surface area contributed by atoms with E-state index in [1.54, 1.807) is 0 Å². The minimum atomic E-state index is -6.10. The van der Waals surface area contributed by atoms with Crippen molar-refractivity contribution in [1.29, 1.82) is 0 Å². The lowest BCUT2D eigenvalue weighted by Gasteiger charge is -2.35. The van der Waals surface area contributed by atoms with Gasteiger partial charge >= 0.3 is 42.0 Å². The van der Waals surface area contributed by atoms with Gasteiger partial charge in [-0.2, -0.15) is 35.1 Å².